The van der Waals surface area contributed by atoms with Crippen molar-refractivity contribution in [2.45, 2.75) is 52.2 Å². The summed E-state index contributed by atoms with van der Waals surface area (Å²) in [7, 11) is 0. The Morgan fingerprint density at radius 2 is 1.77 bits per heavy atom. The van der Waals surface area contributed by atoms with Crippen LogP contribution >= 0.6 is 23.2 Å². The van der Waals surface area contributed by atoms with E-state index in [1.54, 1.807) is 30.0 Å². The average Bonchev–Trinajstić information content (AvgIpc) is 2.70. The highest BCUT2D eigenvalue weighted by Crippen LogP contribution is 2.23. The fourth-order valence-corrected chi connectivity index (χ4v) is 3.36. The van der Waals surface area contributed by atoms with Crippen LogP contribution in [0, 0.1) is 0 Å². The van der Waals surface area contributed by atoms with Crippen molar-refractivity contribution >= 4 is 35.0 Å². The first-order chi connectivity index (χ1) is 14.3. The molecule has 0 aliphatic rings. The Bertz CT molecular complexity index is 844. The van der Waals surface area contributed by atoms with E-state index in [1.165, 1.54) is 0 Å². The second-order valence-corrected chi connectivity index (χ2v) is 8.21. The standard InChI is InChI=1S/C23H28Cl2N2O3/c1-16(2)26-23(29)17(3)27(15-18-11-12-19(24)14-21(18)25)22(28)10-7-13-30-20-8-5-4-6-9-20/h4-6,8-9,11-12,14,16-17H,7,10,13,15H2,1-3H3,(H,26,29)/t17-/m0/s1. The normalized spacial score (nSPS) is 11.8. The van der Waals surface area contributed by atoms with Gasteiger partial charge in [-0.05, 0) is 57.0 Å². The molecule has 0 bridgehead atoms. The molecule has 0 aromatic heterocycles. The molecule has 0 fully saturated rings. The van der Waals surface area contributed by atoms with Gasteiger partial charge >= 0.3 is 0 Å². The van der Waals surface area contributed by atoms with Gasteiger partial charge in [-0.25, -0.2) is 0 Å². The summed E-state index contributed by atoms with van der Waals surface area (Å²) in [5, 5.41) is 3.85. The molecule has 1 atom stereocenters. The predicted octanol–water partition coefficient (Wildman–Crippen LogP) is 5.09. The first-order valence-corrected chi connectivity index (χ1v) is 10.7. The van der Waals surface area contributed by atoms with Crippen LogP contribution in [0.15, 0.2) is 48.5 Å². The molecule has 0 spiro atoms. The van der Waals surface area contributed by atoms with E-state index >= 15 is 0 Å². The minimum Gasteiger partial charge on any atom is -0.494 e. The Morgan fingerprint density at radius 1 is 1.07 bits per heavy atom. The molecule has 2 aromatic carbocycles. The number of amides is 2. The maximum absolute atomic E-state index is 13.0. The summed E-state index contributed by atoms with van der Waals surface area (Å²) in [5.74, 6) is 0.424. The smallest absolute Gasteiger partial charge is 0.242 e. The minimum absolute atomic E-state index is 0.0182. The van der Waals surface area contributed by atoms with Crippen molar-refractivity contribution in [3.63, 3.8) is 0 Å². The number of rotatable bonds is 10. The topological polar surface area (TPSA) is 58.6 Å². The van der Waals surface area contributed by atoms with Crippen molar-refractivity contribution in [1.82, 2.24) is 10.2 Å². The van der Waals surface area contributed by atoms with Gasteiger partial charge in [-0.2, -0.15) is 0 Å². The van der Waals surface area contributed by atoms with Gasteiger partial charge in [0.2, 0.25) is 11.8 Å². The van der Waals surface area contributed by atoms with E-state index in [9.17, 15) is 9.59 Å². The molecular formula is C23H28Cl2N2O3. The lowest BCUT2D eigenvalue weighted by atomic mass is 10.1. The van der Waals surface area contributed by atoms with Crippen molar-refractivity contribution in [1.29, 1.82) is 0 Å². The predicted molar refractivity (Wildman–Crippen MR) is 121 cm³/mol. The van der Waals surface area contributed by atoms with E-state index in [0.717, 1.165) is 11.3 Å². The summed E-state index contributed by atoms with van der Waals surface area (Å²) in [6.07, 6.45) is 0.800. The largest absolute Gasteiger partial charge is 0.494 e. The van der Waals surface area contributed by atoms with E-state index in [4.69, 9.17) is 27.9 Å². The van der Waals surface area contributed by atoms with Gasteiger partial charge in [-0.15, -0.1) is 0 Å². The third kappa shape index (κ3) is 7.54. The van der Waals surface area contributed by atoms with Gasteiger partial charge in [-0.3, -0.25) is 9.59 Å². The van der Waals surface area contributed by atoms with E-state index in [0.29, 0.717) is 23.1 Å². The van der Waals surface area contributed by atoms with Crippen molar-refractivity contribution < 1.29 is 14.3 Å². The molecule has 7 heteroatoms. The summed E-state index contributed by atoms with van der Waals surface area (Å²) in [4.78, 5) is 27.1. The van der Waals surface area contributed by atoms with E-state index < -0.39 is 6.04 Å². The highest BCUT2D eigenvalue weighted by molar-refractivity contribution is 6.35. The molecule has 2 amide bonds. The summed E-state index contributed by atoms with van der Waals surface area (Å²) >= 11 is 12.3. The lowest BCUT2D eigenvalue weighted by Crippen LogP contribution is -2.49. The quantitative estimate of drug-likeness (QED) is 0.512. The Labute approximate surface area is 188 Å². The zero-order valence-electron chi connectivity index (χ0n) is 17.5. The summed E-state index contributed by atoms with van der Waals surface area (Å²) in [5.41, 5.74) is 0.735. The van der Waals surface area contributed by atoms with Crippen molar-refractivity contribution in [2.75, 3.05) is 6.61 Å². The molecule has 0 heterocycles. The Morgan fingerprint density at radius 3 is 2.40 bits per heavy atom. The summed E-state index contributed by atoms with van der Waals surface area (Å²) < 4.78 is 5.66. The number of hydrogen-bond donors (Lipinski definition) is 1. The van der Waals surface area contributed by atoms with E-state index in [2.05, 4.69) is 5.32 Å². The molecule has 2 rings (SSSR count). The molecule has 1 N–H and O–H groups in total. The van der Waals surface area contributed by atoms with Crippen LogP contribution in [0.4, 0.5) is 0 Å². The number of halogens is 2. The third-order valence-electron chi connectivity index (χ3n) is 4.50. The lowest BCUT2D eigenvalue weighted by molar-refractivity contribution is -0.141. The second kappa shape index (κ2) is 11.8. The van der Waals surface area contributed by atoms with Gasteiger partial charge in [0.15, 0.2) is 0 Å². The number of carbonyl (C=O) groups excluding carboxylic acids is 2. The molecule has 162 valence electrons. The Balaban J connectivity index is 2.04. The maximum Gasteiger partial charge on any atom is 0.242 e. The van der Waals surface area contributed by atoms with Gasteiger partial charge in [0.1, 0.15) is 11.8 Å². The van der Waals surface area contributed by atoms with Gasteiger partial charge in [0.25, 0.3) is 0 Å². The maximum atomic E-state index is 13.0. The monoisotopic (exact) mass is 450 g/mol. The highest BCUT2D eigenvalue weighted by atomic mass is 35.5. The molecule has 2 aromatic rings. The van der Waals surface area contributed by atoms with E-state index in [-0.39, 0.29) is 30.8 Å². The van der Waals surface area contributed by atoms with Crippen molar-refractivity contribution in [3.05, 3.63) is 64.1 Å². The molecule has 0 saturated carbocycles. The second-order valence-electron chi connectivity index (χ2n) is 7.36. The van der Waals surface area contributed by atoms with Gasteiger partial charge in [0, 0.05) is 29.1 Å². The number of para-hydroxylation sites is 1. The number of nitrogens with zero attached hydrogens (tertiary/aromatic N) is 1. The average molecular weight is 451 g/mol. The summed E-state index contributed by atoms with van der Waals surface area (Å²) in [6.45, 7) is 6.13. The summed E-state index contributed by atoms with van der Waals surface area (Å²) in [6, 6.07) is 13.9. The molecule has 30 heavy (non-hydrogen) atoms. The molecule has 0 unspecified atom stereocenters. The Kier molecular flexibility index (Phi) is 9.47. The zero-order valence-corrected chi connectivity index (χ0v) is 19.0. The van der Waals surface area contributed by atoms with Crippen LogP contribution in [0.25, 0.3) is 0 Å². The van der Waals surface area contributed by atoms with Crippen LogP contribution in [-0.4, -0.2) is 35.4 Å². The highest BCUT2D eigenvalue weighted by Gasteiger charge is 2.26. The van der Waals surface area contributed by atoms with Gasteiger partial charge < -0.3 is 15.0 Å². The first-order valence-electron chi connectivity index (χ1n) is 9.99. The minimum atomic E-state index is -0.637. The molecular weight excluding hydrogens is 423 g/mol. The van der Waals surface area contributed by atoms with Crippen LogP contribution in [0.2, 0.25) is 10.0 Å². The van der Waals surface area contributed by atoms with Crippen molar-refractivity contribution in [2.24, 2.45) is 0 Å². The molecule has 0 aliphatic heterocycles. The van der Waals surface area contributed by atoms with Crippen LogP contribution in [0.3, 0.4) is 0 Å². The van der Waals surface area contributed by atoms with Gasteiger partial charge in [-0.1, -0.05) is 47.5 Å². The fraction of sp³-hybridized carbons (Fsp3) is 0.391. The molecule has 0 radical (unpaired) electrons. The first kappa shape index (κ1) is 24.0. The Hall–Kier alpha value is -2.24. The van der Waals surface area contributed by atoms with Crippen LogP contribution in [-0.2, 0) is 16.1 Å². The SMILES string of the molecule is CC(C)NC(=O)[C@H](C)N(Cc1ccc(Cl)cc1Cl)C(=O)CCCOc1ccccc1. The molecule has 0 aliphatic carbocycles. The fourth-order valence-electron chi connectivity index (χ4n) is 2.89. The number of nitrogens with one attached hydrogen (secondary N) is 1. The third-order valence-corrected chi connectivity index (χ3v) is 5.09. The number of benzene rings is 2. The molecule has 5 nitrogen and oxygen atoms in total. The molecule has 0 saturated heterocycles. The number of ether oxygens (including phenoxy) is 1. The number of carbonyl (C=O) groups is 2. The van der Waals surface area contributed by atoms with E-state index in [1.807, 2.05) is 44.2 Å². The van der Waals surface area contributed by atoms with Crippen LogP contribution in [0.5, 0.6) is 5.75 Å². The van der Waals surface area contributed by atoms with Crippen molar-refractivity contribution in [3.8, 4) is 5.75 Å². The number of hydrogen-bond acceptors (Lipinski definition) is 3. The zero-order chi connectivity index (χ0) is 22.1. The van der Waals surface area contributed by atoms with Crippen LogP contribution in [0.1, 0.15) is 39.2 Å². The van der Waals surface area contributed by atoms with Crippen LogP contribution < -0.4 is 10.1 Å². The van der Waals surface area contributed by atoms with Gasteiger partial charge in [0.05, 0.1) is 6.61 Å². The lowest BCUT2D eigenvalue weighted by Gasteiger charge is -2.29.